The molecule has 2 atom stereocenters. The molecule has 115 heavy (non-hydrogen) atoms. The molecule has 594 valence electrons. The van der Waals surface area contributed by atoms with Crippen molar-refractivity contribution in [2.24, 2.45) is 5.73 Å². The van der Waals surface area contributed by atoms with Gasteiger partial charge in [-0.05, 0) is 203 Å². The van der Waals surface area contributed by atoms with Gasteiger partial charge < -0.3 is 40.6 Å². The molecule has 0 saturated carbocycles. The van der Waals surface area contributed by atoms with Crippen LogP contribution in [0.4, 0.5) is 0 Å². The molecule has 13 rings (SSSR count). The van der Waals surface area contributed by atoms with Crippen molar-refractivity contribution in [2.75, 3.05) is 26.3 Å². The molecule has 1 amide bonds. The Hall–Kier alpha value is -10.5. The van der Waals surface area contributed by atoms with Crippen LogP contribution in [0.3, 0.4) is 0 Å². The first-order valence-corrected chi connectivity index (χ1v) is 39.5. The topological polar surface area (TPSA) is 296 Å². The molecule has 0 radical (unpaired) electrons. The summed E-state index contributed by atoms with van der Waals surface area (Å²) in [4.78, 5) is 99.0. The van der Waals surface area contributed by atoms with Crippen LogP contribution in [0.25, 0.3) is 39.1 Å². The molecule has 2 aliphatic heterocycles. The number of rotatable bonds is 20. The normalized spacial score (nSPS) is 12.7. The second kappa shape index (κ2) is 49.3. The zero-order chi connectivity index (χ0) is 79.8. The molecule has 2 unspecified atom stereocenters. The van der Waals surface area contributed by atoms with Crippen LogP contribution in [-0.4, -0.2) is 116 Å². The number of carbonyl (C=O) groups is 7. The number of pyridine rings is 4. The van der Waals surface area contributed by atoms with Gasteiger partial charge in [-0.2, -0.15) is 0 Å². The first-order valence-electron chi connectivity index (χ1n) is 35.3. The molecule has 0 spiro atoms. The Kier molecular flexibility index (Phi) is 41.5. The largest absolute Gasteiger partial charge is 1.00 e. The number of nitrogens with one attached hydrogen (secondary N) is 1. The minimum atomic E-state index is -2.29. The fraction of sp³-hybridized carbons (Fsp3) is 0.191. The van der Waals surface area contributed by atoms with Gasteiger partial charge in [0.25, 0.3) is 0 Å². The number of carbonyl (C=O) groups excluding carboxylic acids is 6. The summed E-state index contributed by atoms with van der Waals surface area (Å²) in [7, 11) is 0. The smallest absolute Gasteiger partial charge is 0.870 e. The third-order valence-electron chi connectivity index (χ3n) is 16.8. The SMILES string of the molecule is C.C/C(=C\c1cccnc1)C(=O)O.CC(=O)c1ccc(-c2cc(Cl)c3c(c2)CC(CN)O3)s1.CC(=O)c1ccc(-c2cc(Cl)c3c(c2)CC(CNC(=O)/C(C)=C/c2cccnc2)O3)s1.CCOC(=O)/C(C)=C/c1cccnc1.CCOC(=O)C(C)=P(c1ccccc1)(c1ccccc1)c1ccccc1.Cl.O=Cc1cccnc1.[Li+].[OH-]. The van der Waals surface area contributed by atoms with E-state index in [2.05, 4.69) is 67.7 Å². The molecular weight excluding hydrogens is 1570 g/mol. The van der Waals surface area contributed by atoms with Gasteiger partial charge in [-0.15, -0.1) is 35.1 Å². The van der Waals surface area contributed by atoms with Crippen LogP contribution >= 0.6 is 65.2 Å². The first kappa shape index (κ1) is 96.9. The van der Waals surface area contributed by atoms with E-state index in [-0.39, 0.29) is 85.8 Å². The quantitative estimate of drug-likeness (QED) is 0.0159. The summed E-state index contributed by atoms with van der Waals surface area (Å²) in [6.07, 6.45) is 20.4. The van der Waals surface area contributed by atoms with Gasteiger partial charge in [0.05, 0.1) is 39.6 Å². The second-order valence-corrected chi connectivity index (χ2v) is 31.5. The third-order valence-corrected chi connectivity index (χ3v) is 24.2. The Labute approximate surface area is 708 Å². The summed E-state index contributed by atoms with van der Waals surface area (Å²) in [6, 6.07) is 60.8. The maximum Gasteiger partial charge on any atom is 1.00 e. The number of ketones is 2. The van der Waals surface area contributed by atoms with Crippen molar-refractivity contribution in [1.29, 1.82) is 0 Å². The molecule has 0 saturated heterocycles. The first-order chi connectivity index (χ1) is 53.6. The minimum absolute atomic E-state index is 0. The molecule has 2 aliphatic rings. The van der Waals surface area contributed by atoms with E-state index in [1.807, 2.05) is 135 Å². The fourth-order valence-electron chi connectivity index (χ4n) is 11.4. The average Bonchev–Trinajstić information content (AvgIpc) is 1.50. The number of hydrogen-bond donors (Lipinski definition) is 3. The third kappa shape index (κ3) is 28.2. The molecule has 0 aliphatic carbocycles. The van der Waals surface area contributed by atoms with E-state index in [9.17, 15) is 33.6 Å². The van der Waals surface area contributed by atoms with Crippen LogP contribution in [0, 0.1) is 0 Å². The number of ether oxygens (including phenoxy) is 4. The summed E-state index contributed by atoms with van der Waals surface area (Å²) in [5.74, 6) is -0.0152. The maximum absolute atomic E-state index is 12.9. The number of hydrogen-bond acceptors (Lipinski definition) is 19. The fourth-order valence-corrected chi connectivity index (χ4v) is 18.0. The maximum atomic E-state index is 12.9. The van der Waals surface area contributed by atoms with E-state index < -0.39 is 12.9 Å². The number of nitrogens with zero attached hydrogens (tertiary/aromatic N) is 4. The van der Waals surface area contributed by atoms with Crippen molar-refractivity contribution < 1.29 is 82.0 Å². The summed E-state index contributed by atoms with van der Waals surface area (Å²) in [5, 5.41) is 16.9. The molecule has 0 bridgehead atoms. The number of thiophene rings is 2. The van der Waals surface area contributed by atoms with Gasteiger partial charge >= 0.3 is 36.8 Å². The molecule has 5 aromatic carbocycles. The number of aliphatic carboxylic acids is 1. The average molecular weight is 1660 g/mol. The van der Waals surface area contributed by atoms with Gasteiger partial charge in [0.1, 0.15) is 23.7 Å². The van der Waals surface area contributed by atoms with E-state index in [0.717, 1.165) is 98.1 Å². The van der Waals surface area contributed by atoms with Crippen LogP contribution in [0.5, 0.6) is 11.5 Å². The Bertz CT molecular complexity index is 5040. The molecule has 11 aromatic rings. The predicted molar refractivity (Wildman–Crippen MR) is 464 cm³/mol. The number of aldehydes is 1. The van der Waals surface area contributed by atoms with Gasteiger partial charge in [0.15, 0.2) is 17.9 Å². The standard InChI is InChI=1S/C24H21ClN2O3S.C23H23O2P.C15H14ClNO2S.C11H13NO2.C9H9NO2.C6H5NO.CH4.ClH.Li.H2O/c1-14(8-16-4-3-7-26-12-16)24(29)27-13-19-10-18-9-17(11-20(25)23(18)30-19)22-6-5-21(31-22)15(2)28;1-3-25-23(24)19(2)26(20-13-7-4-8-14-20,21-15-9-5-10-16-21)22-17-11-6-12-18-22;1-8(18)13-2-3-14(20-13)9-4-10-5-11(7-17)19-15(10)12(16)6-9;1-3-14-11(13)9(2)7-10-5-4-6-12-8-10;1-7(9(11)12)5-8-3-2-4-10-6-8;8-5-6-2-1-3-7-4-6;;;;/h3-9,11-12,19H,10,13H2,1-2H3,(H,27,29);4-18H,3H2,1-2H3;2-4,6,11H,5,7,17H2,1H3;4-8H,3H2,1-2H3;2-6H,1H3,(H,11,12);1-5H;1H4;1H;;1H2/q;;;;;;;;+1;/p-1/b14-8+;;;9-7+;7-5+;;;;;. The number of nitrogens with two attached hydrogens (primary N) is 1. The van der Waals surface area contributed by atoms with Crippen molar-refractivity contribution in [3.63, 3.8) is 0 Å². The summed E-state index contributed by atoms with van der Waals surface area (Å²) >= 11 is 15.7. The zero-order valence-corrected chi connectivity index (χ0v) is 69.3. The number of carboxylic acid groups (broad SMARTS) is 1. The van der Waals surface area contributed by atoms with Crippen molar-refractivity contribution in [3.8, 4) is 32.4 Å². The second-order valence-electron chi connectivity index (χ2n) is 24.9. The van der Waals surface area contributed by atoms with Crippen LogP contribution in [0.15, 0.2) is 254 Å². The molecule has 8 heterocycles. The number of Topliss-reactive ketones (excluding diaryl/α,β-unsaturated/α-hetero) is 2. The Morgan fingerprint density at radius 3 is 1.25 bits per heavy atom. The number of benzene rings is 5. The van der Waals surface area contributed by atoms with Gasteiger partial charge in [-0.25, -0.2) is 14.4 Å². The van der Waals surface area contributed by atoms with Crippen molar-refractivity contribution in [1.82, 2.24) is 25.3 Å². The van der Waals surface area contributed by atoms with Crippen LogP contribution in [0.2, 0.25) is 10.0 Å². The Morgan fingerprint density at radius 1 is 0.530 bits per heavy atom. The van der Waals surface area contributed by atoms with Gasteiger partial charge in [0, 0.05) is 117 Å². The van der Waals surface area contributed by atoms with E-state index in [4.69, 9.17) is 53.0 Å². The van der Waals surface area contributed by atoms with Crippen molar-refractivity contribution >= 4 is 146 Å². The van der Waals surface area contributed by atoms with Gasteiger partial charge in [-0.1, -0.05) is 140 Å². The van der Waals surface area contributed by atoms with Gasteiger partial charge in [0.2, 0.25) is 5.91 Å². The minimum Gasteiger partial charge on any atom is -0.870 e. The zero-order valence-electron chi connectivity index (χ0n) is 64.4. The number of amides is 1. The van der Waals surface area contributed by atoms with E-state index in [0.29, 0.717) is 70.8 Å². The number of fused-ring (bicyclic) bond motifs is 2. The van der Waals surface area contributed by atoms with E-state index >= 15 is 0 Å². The molecule has 6 aromatic heterocycles. The number of aromatic nitrogens is 4. The van der Waals surface area contributed by atoms with Crippen LogP contribution in [0.1, 0.15) is 120 Å². The summed E-state index contributed by atoms with van der Waals surface area (Å²) < 4.78 is 22.0. The number of esters is 2. The van der Waals surface area contributed by atoms with E-state index in [1.54, 1.807) is 127 Å². The molecule has 0 fully saturated rings. The van der Waals surface area contributed by atoms with Crippen LogP contribution < -0.4 is 55.3 Å². The number of carboxylic acids is 1. The predicted octanol–water partition coefficient (Wildman–Crippen LogP) is 14.9. The van der Waals surface area contributed by atoms with Crippen LogP contribution in [-0.2, 0) is 41.5 Å². The van der Waals surface area contributed by atoms with Crippen molar-refractivity contribution in [2.45, 2.75) is 87.9 Å². The molecule has 5 N–H and O–H groups in total. The molecule has 19 nitrogen and oxygen atoms in total. The van der Waals surface area contributed by atoms with Crippen molar-refractivity contribution in [3.05, 3.63) is 308 Å². The Balaban J connectivity index is 0.000000302. The Morgan fingerprint density at radius 2 is 0.904 bits per heavy atom. The summed E-state index contributed by atoms with van der Waals surface area (Å²) in [5.41, 5.74) is 14.4. The van der Waals surface area contributed by atoms with Gasteiger partial charge in [-0.3, -0.25) is 39.1 Å². The molecular formula is C89H91Cl3LiN6O13PS2. The monoisotopic (exact) mass is 1660 g/mol. The number of halogens is 3. The van der Waals surface area contributed by atoms with E-state index in [1.165, 1.54) is 28.9 Å². The molecule has 26 heteroatoms. The summed E-state index contributed by atoms with van der Waals surface area (Å²) in [6.45, 7) is 13.1.